The van der Waals surface area contributed by atoms with Crippen molar-refractivity contribution in [2.24, 2.45) is 28.6 Å². The van der Waals surface area contributed by atoms with Crippen molar-refractivity contribution >= 4 is 5.78 Å². The Labute approximate surface area is 137 Å². The molecular weight excluding hydrogens is 292 g/mol. The molecule has 0 aromatic rings. The van der Waals surface area contributed by atoms with Crippen LogP contribution in [0.5, 0.6) is 0 Å². The first-order valence-electron chi connectivity index (χ1n) is 9.07. The van der Waals surface area contributed by atoms with Crippen molar-refractivity contribution in [1.82, 2.24) is 0 Å². The number of ketones is 1. The lowest BCUT2D eigenvalue weighted by Crippen LogP contribution is -2.56. The molecule has 0 aromatic heterocycles. The highest BCUT2D eigenvalue weighted by Crippen LogP contribution is 2.65. The van der Waals surface area contributed by atoms with Crippen LogP contribution in [0.1, 0.15) is 52.4 Å². The van der Waals surface area contributed by atoms with Gasteiger partial charge in [0.15, 0.2) is 5.78 Å². The van der Waals surface area contributed by atoms with Crippen LogP contribution in [-0.4, -0.2) is 39.4 Å². The van der Waals surface area contributed by atoms with E-state index in [9.17, 15) is 20.1 Å². The summed E-state index contributed by atoms with van der Waals surface area (Å²) in [6.45, 7) is 4.34. The zero-order valence-electron chi connectivity index (χ0n) is 14.0. The van der Waals surface area contributed by atoms with Crippen LogP contribution in [0.3, 0.4) is 0 Å². The van der Waals surface area contributed by atoms with Crippen LogP contribution in [0, 0.1) is 28.6 Å². The van der Waals surface area contributed by atoms with Gasteiger partial charge in [-0.15, -0.1) is 0 Å². The third-order valence-corrected chi connectivity index (χ3v) is 7.96. The fourth-order valence-corrected chi connectivity index (χ4v) is 6.64. The van der Waals surface area contributed by atoms with Crippen molar-refractivity contribution in [2.45, 2.75) is 70.7 Å². The summed E-state index contributed by atoms with van der Waals surface area (Å²) in [5.41, 5.74) is 0.530. The Balaban J connectivity index is 1.74. The lowest BCUT2D eigenvalue weighted by Gasteiger charge is -2.59. The van der Waals surface area contributed by atoms with Crippen molar-refractivity contribution in [3.8, 4) is 0 Å². The van der Waals surface area contributed by atoms with E-state index in [2.05, 4.69) is 13.8 Å². The van der Waals surface area contributed by atoms with Crippen molar-refractivity contribution in [2.75, 3.05) is 0 Å². The summed E-state index contributed by atoms with van der Waals surface area (Å²) in [6.07, 6.45) is 4.81. The third kappa shape index (κ3) is 1.98. The van der Waals surface area contributed by atoms with Crippen LogP contribution in [0.25, 0.3) is 0 Å². The van der Waals surface area contributed by atoms with E-state index < -0.39 is 12.2 Å². The van der Waals surface area contributed by atoms with E-state index in [1.165, 1.54) is 6.08 Å². The fraction of sp³-hybridized carbons (Fsp3) is 0.842. The third-order valence-electron chi connectivity index (χ3n) is 7.96. The normalized spacial score (nSPS) is 55.7. The van der Waals surface area contributed by atoms with Crippen LogP contribution in [0.15, 0.2) is 11.6 Å². The zero-order chi connectivity index (χ0) is 16.6. The molecule has 0 bridgehead atoms. The average molecular weight is 320 g/mol. The largest absolute Gasteiger partial charge is 0.393 e. The van der Waals surface area contributed by atoms with Crippen molar-refractivity contribution < 1.29 is 20.1 Å². The van der Waals surface area contributed by atoms with E-state index in [-0.39, 0.29) is 22.7 Å². The van der Waals surface area contributed by atoms with Crippen molar-refractivity contribution in [3.63, 3.8) is 0 Å². The number of carbonyl (C=O) groups excluding carboxylic acids is 1. The highest BCUT2D eigenvalue weighted by Gasteiger charge is 2.61. The minimum Gasteiger partial charge on any atom is -0.393 e. The number of hydrogen-bond acceptors (Lipinski definition) is 4. The molecule has 23 heavy (non-hydrogen) atoms. The molecule has 3 saturated carbocycles. The quantitative estimate of drug-likeness (QED) is 0.636. The molecule has 3 fully saturated rings. The standard InChI is InChI=1S/C19H28O4/c1-18-6-5-12-10(11(18)3-4-17(18)23)7-14(20)13-8-15(21)16(22)9-19(12,13)2/h8,10-12,14,16-17,20,22-23H,3-7,9H2,1-2H3/t10-,11-,12-,14+,16-,17-,18-,19+/m0/s1. The van der Waals surface area contributed by atoms with Crippen LogP contribution in [-0.2, 0) is 4.79 Å². The van der Waals surface area contributed by atoms with Gasteiger partial charge in [0.2, 0.25) is 0 Å². The molecule has 4 rings (SSSR count). The Morgan fingerprint density at radius 2 is 1.78 bits per heavy atom. The summed E-state index contributed by atoms with van der Waals surface area (Å²) in [6, 6.07) is 0. The molecule has 0 radical (unpaired) electrons. The van der Waals surface area contributed by atoms with Gasteiger partial charge in [-0.3, -0.25) is 4.79 Å². The van der Waals surface area contributed by atoms with Gasteiger partial charge in [-0.2, -0.15) is 0 Å². The SMILES string of the molecule is C[C@]12CC[C@H]3[C@@H](C[C@@H](O)C4=CC(=O)[C@@H](O)C[C@@]43C)[C@@H]1CC[C@@H]2O. The summed E-state index contributed by atoms with van der Waals surface area (Å²) in [5.74, 6) is 0.956. The maximum atomic E-state index is 11.9. The molecule has 0 spiro atoms. The summed E-state index contributed by atoms with van der Waals surface area (Å²) >= 11 is 0. The van der Waals surface area contributed by atoms with Crippen LogP contribution in [0.4, 0.5) is 0 Å². The lowest BCUT2D eigenvalue weighted by atomic mass is 9.46. The zero-order valence-corrected chi connectivity index (χ0v) is 14.0. The number of aliphatic hydroxyl groups is 3. The second kappa shape index (κ2) is 4.90. The van der Waals surface area contributed by atoms with Gasteiger partial charge in [-0.25, -0.2) is 0 Å². The Morgan fingerprint density at radius 1 is 1.04 bits per heavy atom. The van der Waals surface area contributed by atoms with E-state index >= 15 is 0 Å². The van der Waals surface area contributed by atoms with Gasteiger partial charge in [0.1, 0.15) is 6.10 Å². The average Bonchev–Trinajstić information content (AvgIpc) is 2.78. The van der Waals surface area contributed by atoms with Gasteiger partial charge in [-0.05, 0) is 78.8 Å². The summed E-state index contributed by atoms with van der Waals surface area (Å²) in [5, 5.41) is 31.3. The Bertz CT molecular complexity index is 570. The van der Waals surface area contributed by atoms with Gasteiger partial charge in [0.25, 0.3) is 0 Å². The van der Waals surface area contributed by atoms with E-state index in [1.807, 2.05) is 0 Å². The molecule has 4 aliphatic rings. The number of hydrogen-bond donors (Lipinski definition) is 3. The monoisotopic (exact) mass is 320 g/mol. The predicted molar refractivity (Wildman–Crippen MR) is 85.5 cm³/mol. The molecule has 0 aromatic carbocycles. The van der Waals surface area contributed by atoms with Gasteiger partial charge < -0.3 is 15.3 Å². The predicted octanol–water partition coefficient (Wildman–Crippen LogP) is 1.82. The molecule has 4 heteroatoms. The molecule has 0 saturated heterocycles. The van der Waals surface area contributed by atoms with Crippen LogP contribution in [0.2, 0.25) is 0 Å². The summed E-state index contributed by atoms with van der Waals surface area (Å²) < 4.78 is 0. The first kappa shape index (κ1) is 15.8. The fourth-order valence-electron chi connectivity index (χ4n) is 6.64. The summed E-state index contributed by atoms with van der Waals surface area (Å²) in [7, 11) is 0. The highest BCUT2D eigenvalue weighted by molar-refractivity contribution is 5.95. The highest BCUT2D eigenvalue weighted by atomic mass is 16.3. The first-order chi connectivity index (χ1) is 10.8. The Hall–Kier alpha value is -0.710. The second-order valence-electron chi connectivity index (χ2n) is 8.91. The minimum absolute atomic E-state index is 0.0262. The molecule has 128 valence electrons. The first-order valence-corrected chi connectivity index (χ1v) is 9.07. The molecule has 8 atom stereocenters. The second-order valence-corrected chi connectivity index (χ2v) is 8.91. The van der Waals surface area contributed by atoms with E-state index in [1.54, 1.807) is 0 Å². The number of aliphatic hydroxyl groups excluding tert-OH is 3. The van der Waals surface area contributed by atoms with E-state index in [0.717, 1.165) is 31.3 Å². The van der Waals surface area contributed by atoms with Gasteiger partial charge in [-0.1, -0.05) is 13.8 Å². The smallest absolute Gasteiger partial charge is 0.184 e. The minimum atomic E-state index is -0.933. The molecule has 4 aliphatic carbocycles. The van der Waals surface area contributed by atoms with Gasteiger partial charge in [0.05, 0.1) is 12.2 Å². The number of rotatable bonds is 0. The van der Waals surface area contributed by atoms with Crippen LogP contribution < -0.4 is 0 Å². The maximum Gasteiger partial charge on any atom is 0.184 e. The molecule has 0 aliphatic heterocycles. The Kier molecular flexibility index (Phi) is 3.37. The molecule has 4 nitrogen and oxygen atoms in total. The topological polar surface area (TPSA) is 77.8 Å². The van der Waals surface area contributed by atoms with Gasteiger partial charge in [0, 0.05) is 0 Å². The van der Waals surface area contributed by atoms with Gasteiger partial charge >= 0.3 is 0 Å². The molecular formula is C19H28O4. The van der Waals surface area contributed by atoms with E-state index in [4.69, 9.17) is 0 Å². The molecule has 0 heterocycles. The molecule has 0 amide bonds. The summed E-state index contributed by atoms with van der Waals surface area (Å²) in [4.78, 5) is 11.9. The number of fused-ring (bicyclic) bond motifs is 5. The lowest BCUT2D eigenvalue weighted by molar-refractivity contribution is -0.132. The Morgan fingerprint density at radius 3 is 2.52 bits per heavy atom. The number of carbonyl (C=O) groups is 1. The van der Waals surface area contributed by atoms with Crippen molar-refractivity contribution in [1.29, 1.82) is 0 Å². The maximum absolute atomic E-state index is 11.9. The van der Waals surface area contributed by atoms with Crippen LogP contribution >= 0.6 is 0 Å². The van der Waals surface area contributed by atoms with Crippen molar-refractivity contribution in [3.05, 3.63) is 11.6 Å². The van der Waals surface area contributed by atoms with E-state index in [0.29, 0.717) is 30.6 Å². The molecule has 0 unspecified atom stereocenters. The molecule has 3 N–H and O–H groups in total.